The van der Waals surface area contributed by atoms with Gasteiger partial charge in [0.25, 0.3) is 5.91 Å². The number of amides is 1. The molecule has 4 nitrogen and oxygen atoms in total. The van der Waals surface area contributed by atoms with Crippen molar-refractivity contribution in [2.24, 2.45) is 5.92 Å². The molecule has 1 aliphatic carbocycles. The van der Waals surface area contributed by atoms with Crippen LogP contribution in [0.5, 0.6) is 0 Å². The van der Waals surface area contributed by atoms with Crippen LogP contribution in [-0.2, 0) is 0 Å². The van der Waals surface area contributed by atoms with E-state index in [0.29, 0.717) is 18.2 Å². The van der Waals surface area contributed by atoms with E-state index >= 15 is 0 Å². The van der Waals surface area contributed by atoms with Gasteiger partial charge in [-0.05, 0) is 37.3 Å². The second kappa shape index (κ2) is 5.70. The summed E-state index contributed by atoms with van der Waals surface area (Å²) in [5, 5.41) is 13.3. The van der Waals surface area contributed by atoms with Gasteiger partial charge in [0.15, 0.2) is 0 Å². The maximum absolute atomic E-state index is 12.0. The highest BCUT2D eigenvalue weighted by Gasteiger charge is 2.33. The molecule has 1 aliphatic rings. The fourth-order valence-electron chi connectivity index (χ4n) is 2.84. The summed E-state index contributed by atoms with van der Waals surface area (Å²) in [5.74, 6) is 0.317. The Balaban J connectivity index is 1.95. The molecule has 1 aromatic rings. The van der Waals surface area contributed by atoms with E-state index < -0.39 is 5.60 Å². The molecule has 0 aromatic carbocycles. The van der Waals surface area contributed by atoms with Gasteiger partial charge in [0.2, 0.25) is 0 Å². The molecule has 104 valence electrons. The minimum atomic E-state index is -0.754. The second-order valence-corrected chi connectivity index (χ2v) is 5.78. The van der Waals surface area contributed by atoms with E-state index in [9.17, 15) is 9.90 Å². The van der Waals surface area contributed by atoms with Crippen molar-refractivity contribution >= 4 is 5.91 Å². The van der Waals surface area contributed by atoms with Crippen LogP contribution in [0.4, 0.5) is 0 Å². The Morgan fingerprint density at radius 1 is 1.63 bits per heavy atom. The zero-order chi connectivity index (χ0) is 13.9. The molecule has 1 fully saturated rings. The fraction of sp³-hybridized carbons (Fsp3) is 0.600. The summed E-state index contributed by atoms with van der Waals surface area (Å²) >= 11 is 0. The van der Waals surface area contributed by atoms with Gasteiger partial charge in [-0.1, -0.05) is 25.8 Å². The summed E-state index contributed by atoms with van der Waals surface area (Å²) in [6.07, 6.45) is 5.32. The number of nitrogens with one attached hydrogen (secondary N) is 1. The lowest BCUT2D eigenvalue weighted by Gasteiger charge is -2.35. The van der Waals surface area contributed by atoms with Crippen LogP contribution >= 0.6 is 0 Å². The first-order chi connectivity index (χ1) is 9.00. The molecule has 2 unspecified atom stereocenters. The molecular formula is C15H22N2O2. The van der Waals surface area contributed by atoms with Gasteiger partial charge in [-0.15, -0.1) is 0 Å². The van der Waals surface area contributed by atoms with Crippen molar-refractivity contribution in [2.45, 2.75) is 45.1 Å². The molecule has 1 aromatic heterocycles. The Bertz CT molecular complexity index is 461. The lowest BCUT2D eigenvalue weighted by Crippen LogP contribution is -2.46. The average molecular weight is 262 g/mol. The lowest BCUT2D eigenvalue weighted by molar-refractivity contribution is -0.0109. The molecule has 0 saturated heterocycles. The number of carbonyl (C=O) groups excluding carboxylic acids is 1. The van der Waals surface area contributed by atoms with Gasteiger partial charge in [0.1, 0.15) is 5.69 Å². The molecule has 19 heavy (non-hydrogen) atoms. The van der Waals surface area contributed by atoms with E-state index in [1.807, 2.05) is 19.1 Å². The molecule has 1 amide bonds. The predicted molar refractivity (Wildman–Crippen MR) is 73.9 cm³/mol. The zero-order valence-electron chi connectivity index (χ0n) is 11.6. The summed E-state index contributed by atoms with van der Waals surface area (Å²) in [6, 6.07) is 3.67. The van der Waals surface area contributed by atoms with Crippen LogP contribution in [0.15, 0.2) is 18.3 Å². The van der Waals surface area contributed by atoms with Crippen LogP contribution in [0.2, 0.25) is 0 Å². The molecule has 0 aliphatic heterocycles. The monoisotopic (exact) mass is 262 g/mol. The predicted octanol–water partition coefficient (Wildman–Crippen LogP) is 2.06. The molecule has 2 N–H and O–H groups in total. The quantitative estimate of drug-likeness (QED) is 0.876. The normalized spacial score (nSPS) is 27.0. The topological polar surface area (TPSA) is 62.2 Å². The van der Waals surface area contributed by atoms with Crippen molar-refractivity contribution in [3.8, 4) is 0 Å². The van der Waals surface area contributed by atoms with E-state index in [0.717, 1.165) is 31.2 Å². The van der Waals surface area contributed by atoms with E-state index in [4.69, 9.17) is 0 Å². The van der Waals surface area contributed by atoms with Crippen LogP contribution < -0.4 is 5.32 Å². The van der Waals surface area contributed by atoms with Crippen LogP contribution in [0, 0.1) is 12.8 Å². The van der Waals surface area contributed by atoms with Gasteiger partial charge in [-0.2, -0.15) is 0 Å². The Morgan fingerprint density at radius 2 is 2.42 bits per heavy atom. The SMILES string of the molecule is Cc1cccnc1C(=O)NCC1(O)CCCC(C)C1. The van der Waals surface area contributed by atoms with Gasteiger partial charge >= 0.3 is 0 Å². The minimum Gasteiger partial charge on any atom is -0.388 e. The molecule has 0 radical (unpaired) electrons. The van der Waals surface area contributed by atoms with Gasteiger partial charge in [0, 0.05) is 12.7 Å². The maximum atomic E-state index is 12.0. The first-order valence-electron chi connectivity index (χ1n) is 6.92. The van der Waals surface area contributed by atoms with Crippen LogP contribution in [0.1, 0.15) is 48.7 Å². The first-order valence-corrected chi connectivity index (χ1v) is 6.92. The van der Waals surface area contributed by atoms with Crippen LogP contribution in [0.25, 0.3) is 0 Å². The first kappa shape index (κ1) is 14.0. The Kier molecular flexibility index (Phi) is 4.20. The standard InChI is InChI=1S/C15H22N2O2/c1-11-5-3-7-15(19,9-11)10-17-14(18)13-12(2)6-4-8-16-13/h4,6,8,11,19H,3,5,7,9-10H2,1-2H3,(H,17,18). The number of rotatable bonds is 3. The molecule has 0 spiro atoms. The third kappa shape index (κ3) is 3.53. The number of aromatic nitrogens is 1. The summed E-state index contributed by atoms with van der Waals surface area (Å²) in [4.78, 5) is 16.1. The number of hydrogen-bond donors (Lipinski definition) is 2. The third-order valence-corrected chi connectivity index (χ3v) is 3.87. The highest BCUT2D eigenvalue weighted by Crippen LogP contribution is 2.31. The van der Waals surface area contributed by atoms with Gasteiger partial charge < -0.3 is 10.4 Å². The molecule has 1 heterocycles. The van der Waals surface area contributed by atoms with E-state index in [1.165, 1.54) is 0 Å². The fourth-order valence-corrected chi connectivity index (χ4v) is 2.84. The average Bonchev–Trinajstić information content (AvgIpc) is 2.36. The summed E-state index contributed by atoms with van der Waals surface area (Å²) in [7, 11) is 0. The molecular weight excluding hydrogens is 240 g/mol. The Morgan fingerprint density at radius 3 is 3.11 bits per heavy atom. The number of hydrogen-bond acceptors (Lipinski definition) is 3. The zero-order valence-corrected chi connectivity index (χ0v) is 11.6. The largest absolute Gasteiger partial charge is 0.388 e. The summed E-state index contributed by atoms with van der Waals surface area (Å²) in [6.45, 7) is 4.32. The molecule has 1 saturated carbocycles. The number of aliphatic hydroxyl groups is 1. The third-order valence-electron chi connectivity index (χ3n) is 3.87. The number of aryl methyl sites for hydroxylation is 1. The van der Waals surface area contributed by atoms with Crippen molar-refractivity contribution < 1.29 is 9.90 Å². The van der Waals surface area contributed by atoms with Gasteiger partial charge in [-0.3, -0.25) is 9.78 Å². The molecule has 2 atom stereocenters. The Labute approximate surface area is 114 Å². The second-order valence-electron chi connectivity index (χ2n) is 5.78. The summed E-state index contributed by atoms with van der Waals surface area (Å²) < 4.78 is 0. The van der Waals surface area contributed by atoms with Crippen molar-refractivity contribution in [2.75, 3.05) is 6.54 Å². The summed E-state index contributed by atoms with van der Waals surface area (Å²) in [5.41, 5.74) is 0.537. The van der Waals surface area contributed by atoms with E-state index in [2.05, 4.69) is 17.2 Å². The maximum Gasteiger partial charge on any atom is 0.270 e. The highest BCUT2D eigenvalue weighted by molar-refractivity contribution is 5.93. The number of pyridine rings is 1. The number of carbonyl (C=O) groups is 1. The smallest absolute Gasteiger partial charge is 0.270 e. The van der Waals surface area contributed by atoms with Gasteiger partial charge in [-0.25, -0.2) is 0 Å². The molecule has 2 rings (SSSR count). The highest BCUT2D eigenvalue weighted by atomic mass is 16.3. The van der Waals surface area contributed by atoms with Crippen LogP contribution in [-0.4, -0.2) is 28.1 Å². The Hall–Kier alpha value is -1.42. The molecule has 4 heteroatoms. The lowest BCUT2D eigenvalue weighted by atomic mass is 9.79. The van der Waals surface area contributed by atoms with Crippen molar-refractivity contribution in [3.05, 3.63) is 29.6 Å². The van der Waals surface area contributed by atoms with E-state index in [1.54, 1.807) is 6.20 Å². The van der Waals surface area contributed by atoms with Gasteiger partial charge in [0.05, 0.1) is 5.60 Å². The molecule has 0 bridgehead atoms. The van der Waals surface area contributed by atoms with Crippen LogP contribution in [0.3, 0.4) is 0 Å². The van der Waals surface area contributed by atoms with Crippen molar-refractivity contribution in [1.29, 1.82) is 0 Å². The van der Waals surface area contributed by atoms with E-state index in [-0.39, 0.29) is 5.91 Å². The minimum absolute atomic E-state index is 0.204. The van der Waals surface area contributed by atoms with Crippen molar-refractivity contribution in [1.82, 2.24) is 10.3 Å². The number of nitrogens with zero attached hydrogens (tertiary/aromatic N) is 1. The van der Waals surface area contributed by atoms with Crippen molar-refractivity contribution in [3.63, 3.8) is 0 Å².